The van der Waals surface area contributed by atoms with Crippen LogP contribution in [0.4, 0.5) is 4.79 Å². The summed E-state index contributed by atoms with van der Waals surface area (Å²) in [5, 5.41) is 5.52. The number of aliphatic imine (C=N–C) groups is 1. The van der Waals surface area contributed by atoms with Crippen LogP contribution in [0.1, 0.15) is 20.3 Å². The summed E-state index contributed by atoms with van der Waals surface area (Å²) >= 11 is 0. The number of hydrogen-bond donors (Lipinski definition) is 2. The molecule has 0 radical (unpaired) electrons. The fourth-order valence-corrected chi connectivity index (χ4v) is 2.42. The molecule has 2 heterocycles. The zero-order chi connectivity index (χ0) is 14.2. The SMILES string of the molecule is CN=C1NC2C(C(=O)NC(=O)N2C)N1CCC(C)C. The van der Waals surface area contributed by atoms with Gasteiger partial charge in [-0.25, -0.2) is 4.79 Å². The maximum Gasteiger partial charge on any atom is 0.325 e. The summed E-state index contributed by atoms with van der Waals surface area (Å²) in [7, 11) is 3.35. The van der Waals surface area contributed by atoms with Gasteiger partial charge in [0.15, 0.2) is 12.0 Å². The van der Waals surface area contributed by atoms with E-state index in [-0.39, 0.29) is 18.1 Å². The standard InChI is InChI=1S/C12H21N5O2/c1-7(2)5-6-17-8-9(14-11(17)13-3)16(4)12(19)15-10(8)18/h7-9H,5-6H2,1-4H3,(H,13,14)(H,15,18,19). The van der Waals surface area contributed by atoms with Gasteiger partial charge in [-0.05, 0) is 12.3 Å². The molecule has 2 fully saturated rings. The lowest BCUT2D eigenvalue weighted by Crippen LogP contribution is -2.64. The molecule has 2 N–H and O–H groups in total. The number of nitrogens with zero attached hydrogens (tertiary/aromatic N) is 3. The second-order valence-corrected chi connectivity index (χ2v) is 5.36. The second kappa shape index (κ2) is 5.07. The van der Waals surface area contributed by atoms with Crippen LogP contribution in [0.25, 0.3) is 0 Å². The molecule has 0 saturated carbocycles. The van der Waals surface area contributed by atoms with E-state index in [9.17, 15) is 9.59 Å². The molecule has 3 amide bonds. The summed E-state index contributed by atoms with van der Waals surface area (Å²) in [4.78, 5) is 31.3. The predicted molar refractivity (Wildman–Crippen MR) is 71.5 cm³/mol. The van der Waals surface area contributed by atoms with E-state index in [0.717, 1.165) is 13.0 Å². The first-order valence-corrected chi connectivity index (χ1v) is 6.53. The van der Waals surface area contributed by atoms with E-state index >= 15 is 0 Å². The average molecular weight is 267 g/mol. The number of hydrogen-bond acceptors (Lipinski definition) is 3. The number of rotatable bonds is 3. The highest BCUT2D eigenvalue weighted by atomic mass is 16.2. The van der Waals surface area contributed by atoms with Crippen LogP contribution < -0.4 is 10.6 Å². The van der Waals surface area contributed by atoms with Crippen molar-refractivity contribution in [2.45, 2.75) is 32.5 Å². The molecule has 2 unspecified atom stereocenters. The summed E-state index contributed by atoms with van der Waals surface area (Å²) < 4.78 is 0. The summed E-state index contributed by atoms with van der Waals surface area (Å²) in [6.07, 6.45) is 0.626. The van der Waals surface area contributed by atoms with E-state index in [4.69, 9.17) is 0 Å². The fourth-order valence-electron chi connectivity index (χ4n) is 2.42. The van der Waals surface area contributed by atoms with Crippen LogP contribution in [0.2, 0.25) is 0 Å². The Balaban J connectivity index is 2.22. The molecule has 2 rings (SSSR count). The molecule has 2 aliphatic heterocycles. The normalized spacial score (nSPS) is 28.8. The number of carbonyl (C=O) groups excluding carboxylic acids is 2. The van der Waals surface area contributed by atoms with Crippen molar-refractivity contribution in [3.8, 4) is 0 Å². The van der Waals surface area contributed by atoms with Crippen LogP contribution in [-0.2, 0) is 4.79 Å². The van der Waals surface area contributed by atoms with Gasteiger partial charge < -0.3 is 15.1 Å². The van der Waals surface area contributed by atoms with E-state index in [1.807, 2.05) is 4.90 Å². The molecule has 2 saturated heterocycles. The minimum Gasteiger partial charge on any atom is -0.334 e. The van der Waals surface area contributed by atoms with Crippen LogP contribution in [0.3, 0.4) is 0 Å². The molecule has 0 spiro atoms. The van der Waals surface area contributed by atoms with E-state index in [2.05, 4.69) is 29.5 Å². The highest BCUT2D eigenvalue weighted by Crippen LogP contribution is 2.21. The number of imide groups is 1. The van der Waals surface area contributed by atoms with Crippen LogP contribution in [-0.4, -0.2) is 60.5 Å². The van der Waals surface area contributed by atoms with Crippen molar-refractivity contribution < 1.29 is 9.59 Å². The van der Waals surface area contributed by atoms with Gasteiger partial charge in [0.25, 0.3) is 5.91 Å². The van der Waals surface area contributed by atoms with Crippen LogP contribution >= 0.6 is 0 Å². The van der Waals surface area contributed by atoms with Gasteiger partial charge in [0.05, 0.1) is 0 Å². The number of likely N-dealkylation sites (N-methyl/N-ethyl adjacent to an activating group) is 1. The van der Waals surface area contributed by atoms with Gasteiger partial charge in [0.1, 0.15) is 6.17 Å². The third-order valence-electron chi connectivity index (χ3n) is 3.58. The molecule has 0 aliphatic carbocycles. The molecular formula is C12H21N5O2. The maximum absolute atomic E-state index is 12.1. The second-order valence-electron chi connectivity index (χ2n) is 5.36. The predicted octanol–water partition coefficient (Wildman–Crippen LogP) is -0.200. The van der Waals surface area contributed by atoms with Gasteiger partial charge in [0.2, 0.25) is 0 Å². The minimum atomic E-state index is -0.403. The Morgan fingerprint density at radius 2 is 2.05 bits per heavy atom. The van der Waals surface area contributed by atoms with Crippen molar-refractivity contribution in [2.24, 2.45) is 10.9 Å². The number of nitrogens with one attached hydrogen (secondary N) is 2. The first kappa shape index (κ1) is 13.6. The number of amides is 3. The fraction of sp³-hybridized carbons (Fsp3) is 0.750. The first-order valence-electron chi connectivity index (χ1n) is 6.53. The van der Waals surface area contributed by atoms with Crippen LogP contribution in [0, 0.1) is 5.92 Å². The van der Waals surface area contributed by atoms with Crippen molar-refractivity contribution in [3.63, 3.8) is 0 Å². The number of guanidine groups is 1. The number of urea groups is 1. The van der Waals surface area contributed by atoms with Gasteiger partial charge >= 0.3 is 6.03 Å². The summed E-state index contributed by atoms with van der Waals surface area (Å²) in [5.41, 5.74) is 0. The summed E-state index contributed by atoms with van der Waals surface area (Å²) in [6.45, 7) is 5.02. The molecule has 7 nitrogen and oxygen atoms in total. The Kier molecular flexibility index (Phi) is 3.64. The Bertz CT molecular complexity index is 420. The van der Waals surface area contributed by atoms with E-state index in [1.165, 1.54) is 4.90 Å². The largest absolute Gasteiger partial charge is 0.334 e. The Morgan fingerprint density at radius 3 is 2.63 bits per heavy atom. The maximum atomic E-state index is 12.1. The van der Waals surface area contributed by atoms with Gasteiger partial charge in [-0.1, -0.05) is 13.8 Å². The van der Waals surface area contributed by atoms with Crippen molar-refractivity contribution in [2.75, 3.05) is 20.6 Å². The quantitative estimate of drug-likeness (QED) is 0.742. The van der Waals surface area contributed by atoms with Crippen molar-refractivity contribution in [1.29, 1.82) is 0 Å². The molecule has 7 heteroatoms. The molecule has 0 bridgehead atoms. The summed E-state index contributed by atoms with van der Waals surface area (Å²) in [5.74, 6) is 0.957. The monoisotopic (exact) mass is 267 g/mol. The van der Waals surface area contributed by atoms with Crippen molar-refractivity contribution >= 4 is 17.9 Å². The minimum absolute atomic E-state index is 0.261. The molecular weight excluding hydrogens is 246 g/mol. The average Bonchev–Trinajstić information content (AvgIpc) is 2.72. The number of carbonyl (C=O) groups is 2. The van der Waals surface area contributed by atoms with Gasteiger partial charge in [-0.2, -0.15) is 0 Å². The lowest BCUT2D eigenvalue weighted by molar-refractivity contribution is -0.127. The lowest BCUT2D eigenvalue weighted by Gasteiger charge is -2.35. The zero-order valence-corrected chi connectivity index (χ0v) is 11.8. The molecule has 0 aromatic heterocycles. The van der Waals surface area contributed by atoms with Crippen molar-refractivity contribution in [3.05, 3.63) is 0 Å². The first-order chi connectivity index (χ1) is 8.95. The highest BCUT2D eigenvalue weighted by molar-refractivity contribution is 6.04. The Hall–Kier alpha value is -1.79. The third kappa shape index (κ3) is 2.36. The topological polar surface area (TPSA) is 77.0 Å². The van der Waals surface area contributed by atoms with Gasteiger partial charge in [0, 0.05) is 20.6 Å². The molecule has 2 aliphatic rings. The number of fused-ring (bicyclic) bond motifs is 1. The Morgan fingerprint density at radius 1 is 1.37 bits per heavy atom. The summed E-state index contributed by atoms with van der Waals surface area (Å²) in [6, 6.07) is -0.778. The molecule has 19 heavy (non-hydrogen) atoms. The third-order valence-corrected chi connectivity index (χ3v) is 3.58. The van der Waals surface area contributed by atoms with E-state index in [1.54, 1.807) is 14.1 Å². The van der Waals surface area contributed by atoms with Crippen LogP contribution in [0.5, 0.6) is 0 Å². The van der Waals surface area contributed by atoms with E-state index < -0.39 is 6.04 Å². The molecule has 0 aromatic rings. The zero-order valence-electron chi connectivity index (χ0n) is 11.8. The molecule has 2 atom stereocenters. The molecule has 0 aromatic carbocycles. The smallest absolute Gasteiger partial charge is 0.325 e. The Labute approximate surface area is 113 Å². The van der Waals surface area contributed by atoms with Crippen LogP contribution in [0.15, 0.2) is 4.99 Å². The highest BCUT2D eigenvalue weighted by Gasteiger charge is 2.49. The lowest BCUT2D eigenvalue weighted by atomic mass is 10.1. The van der Waals surface area contributed by atoms with Gasteiger partial charge in [-0.15, -0.1) is 0 Å². The van der Waals surface area contributed by atoms with Gasteiger partial charge in [-0.3, -0.25) is 15.1 Å². The van der Waals surface area contributed by atoms with E-state index in [0.29, 0.717) is 11.9 Å². The molecule has 106 valence electrons. The van der Waals surface area contributed by atoms with Crippen molar-refractivity contribution in [1.82, 2.24) is 20.4 Å².